The number of nitrogens with two attached hydrogens (primary N) is 1. The molecular formula is C17H21ClN4O2S. The third-order valence-electron chi connectivity index (χ3n) is 4.34. The lowest BCUT2D eigenvalue weighted by molar-refractivity contribution is 0.483. The van der Waals surface area contributed by atoms with Crippen LogP contribution in [0.4, 0.5) is 17.5 Å². The molecule has 1 aromatic carbocycles. The molecule has 0 atom stereocenters. The smallest absolute Gasteiger partial charge is 0.223 e. The summed E-state index contributed by atoms with van der Waals surface area (Å²) in [6.07, 6.45) is 4.69. The van der Waals surface area contributed by atoms with Crippen molar-refractivity contribution in [2.75, 3.05) is 11.1 Å². The van der Waals surface area contributed by atoms with Crippen LogP contribution < -0.4 is 11.1 Å². The van der Waals surface area contributed by atoms with Crippen molar-refractivity contribution in [3.05, 3.63) is 41.0 Å². The molecular weight excluding hydrogens is 360 g/mol. The fourth-order valence-electron chi connectivity index (χ4n) is 3.16. The zero-order valence-electron chi connectivity index (χ0n) is 13.8. The van der Waals surface area contributed by atoms with Crippen LogP contribution >= 0.6 is 11.6 Å². The van der Waals surface area contributed by atoms with E-state index in [2.05, 4.69) is 15.3 Å². The van der Waals surface area contributed by atoms with Gasteiger partial charge in [-0.1, -0.05) is 43.0 Å². The summed E-state index contributed by atoms with van der Waals surface area (Å²) in [5.41, 5.74) is 7.06. The van der Waals surface area contributed by atoms with Crippen molar-refractivity contribution in [2.24, 2.45) is 0 Å². The molecule has 1 fully saturated rings. The Balaban J connectivity index is 1.74. The number of anilines is 3. The number of nitrogens with one attached hydrogen (secondary N) is 1. The van der Waals surface area contributed by atoms with Crippen molar-refractivity contribution in [1.29, 1.82) is 0 Å². The maximum atomic E-state index is 12.6. The predicted molar refractivity (Wildman–Crippen MR) is 101 cm³/mol. The van der Waals surface area contributed by atoms with Crippen LogP contribution in [-0.2, 0) is 15.6 Å². The first kappa shape index (κ1) is 17.9. The Labute approximate surface area is 152 Å². The number of hydrogen-bond acceptors (Lipinski definition) is 6. The standard InChI is InChI=1S/C17H21ClN4O2S/c18-15-10-16(22-17(19)21-15)20-13-6-4-5-12(9-13)11-25(23,24)14-7-2-1-3-8-14/h4-6,9-10,14H,1-3,7-8,11H2,(H3,19,20,21,22). The van der Waals surface area contributed by atoms with E-state index < -0.39 is 9.84 Å². The molecule has 1 saturated carbocycles. The number of nitrogens with zero attached hydrogens (tertiary/aromatic N) is 2. The van der Waals surface area contributed by atoms with Gasteiger partial charge in [-0.25, -0.2) is 13.4 Å². The highest BCUT2D eigenvalue weighted by molar-refractivity contribution is 7.91. The second-order valence-corrected chi connectivity index (χ2v) is 9.00. The molecule has 0 bridgehead atoms. The minimum absolute atomic E-state index is 0.0554. The van der Waals surface area contributed by atoms with Gasteiger partial charge < -0.3 is 11.1 Å². The van der Waals surface area contributed by atoms with Crippen molar-refractivity contribution in [3.63, 3.8) is 0 Å². The van der Waals surface area contributed by atoms with Crippen molar-refractivity contribution in [2.45, 2.75) is 43.1 Å². The minimum atomic E-state index is -3.13. The monoisotopic (exact) mass is 380 g/mol. The largest absolute Gasteiger partial charge is 0.368 e. The van der Waals surface area contributed by atoms with Gasteiger partial charge in [0.25, 0.3) is 0 Å². The summed E-state index contributed by atoms with van der Waals surface area (Å²) in [6.45, 7) is 0. The lowest BCUT2D eigenvalue weighted by atomic mass is 10.0. The third-order valence-corrected chi connectivity index (χ3v) is 6.76. The molecule has 3 rings (SSSR count). The lowest BCUT2D eigenvalue weighted by Crippen LogP contribution is -2.25. The molecule has 0 saturated heterocycles. The van der Waals surface area contributed by atoms with Gasteiger partial charge in [0.15, 0.2) is 9.84 Å². The summed E-state index contributed by atoms with van der Waals surface area (Å²) in [5.74, 6) is 0.593. The van der Waals surface area contributed by atoms with Gasteiger partial charge in [0.1, 0.15) is 11.0 Å². The molecule has 134 valence electrons. The molecule has 1 aliphatic carbocycles. The molecule has 1 heterocycles. The van der Waals surface area contributed by atoms with Crippen molar-refractivity contribution < 1.29 is 8.42 Å². The topological polar surface area (TPSA) is 98.0 Å². The van der Waals surface area contributed by atoms with E-state index in [1.54, 1.807) is 6.07 Å². The first-order valence-electron chi connectivity index (χ1n) is 8.30. The van der Waals surface area contributed by atoms with Gasteiger partial charge in [-0.15, -0.1) is 0 Å². The van der Waals surface area contributed by atoms with Crippen molar-refractivity contribution in [3.8, 4) is 0 Å². The molecule has 3 N–H and O–H groups in total. The van der Waals surface area contributed by atoms with E-state index in [4.69, 9.17) is 17.3 Å². The van der Waals surface area contributed by atoms with Gasteiger partial charge in [-0.2, -0.15) is 4.98 Å². The summed E-state index contributed by atoms with van der Waals surface area (Å²) in [7, 11) is -3.13. The van der Waals surface area contributed by atoms with Gasteiger partial charge in [-0.05, 0) is 30.5 Å². The van der Waals surface area contributed by atoms with Crippen LogP contribution in [0.5, 0.6) is 0 Å². The van der Waals surface area contributed by atoms with E-state index in [1.807, 2.05) is 24.3 Å². The van der Waals surface area contributed by atoms with Gasteiger partial charge in [-0.3, -0.25) is 0 Å². The SMILES string of the molecule is Nc1nc(Cl)cc(Nc2cccc(CS(=O)(=O)C3CCCCC3)c2)n1. The Kier molecular flexibility index (Phi) is 5.44. The summed E-state index contributed by atoms with van der Waals surface area (Å²) < 4.78 is 25.3. The summed E-state index contributed by atoms with van der Waals surface area (Å²) in [4.78, 5) is 7.87. The van der Waals surface area contributed by atoms with Crippen LogP contribution in [0.2, 0.25) is 5.15 Å². The average Bonchev–Trinajstić information content (AvgIpc) is 2.54. The van der Waals surface area contributed by atoms with E-state index in [0.717, 1.165) is 43.4 Å². The Bertz CT molecular complexity index is 831. The van der Waals surface area contributed by atoms with E-state index >= 15 is 0 Å². The first-order valence-corrected chi connectivity index (χ1v) is 10.4. The van der Waals surface area contributed by atoms with Crippen LogP contribution in [0.1, 0.15) is 37.7 Å². The van der Waals surface area contributed by atoms with Gasteiger partial charge >= 0.3 is 0 Å². The van der Waals surface area contributed by atoms with Crippen LogP contribution in [0.15, 0.2) is 30.3 Å². The maximum absolute atomic E-state index is 12.6. The van der Waals surface area contributed by atoms with Gasteiger partial charge in [0, 0.05) is 11.8 Å². The summed E-state index contributed by atoms with van der Waals surface area (Å²) in [6, 6.07) is 8.85. The number of sulfone groups is 1. The lowest BCUT2D eigenvalue weighted by Gasteiger charge is -2.21. The molecule has 0 unspecified atom stereocenters. The molecule has 0 aliphatic heterocycles. The number of benzene rings is 1. The highest BCUT2D eigenvalue weighted by Gasteiger charge is 2.27. The Hall–Kier alpha value is -1.86. The number of nitrogen functional groups attached to an aromatic ring is 1. The quantitative estimate of drug-likeness (QED) is 0.767. The van der Waals surface area contributed by atoms with Crippen LogP contribution in [0.25, 0.3) is 0 Å². The van der Waals surface area contributed by atoms with E-state index in [-0.39, 0.29) is 22.1 Å². The fourth-order valence-corrected chi connectivity index (χ4v) is 5.28. The van der Waals surface area contributed by atoms with E-state index in [9.17, 15) is 8.42 Å². The molecule has 25 heavy (non-hydrogen) atoms. The van der Waals surface area contributed by atoms with Crippen LogP contribution in [0.3, 0.4) is 0 Å². The number of rotatable bonds is 5. The molecule has 0 spiro atoms. The maximum Gasteiger partial charge on any atom is 0.223 e. The molecule has 8 heteroatoms. The first-order chi connectivity index (χ1) is 11.9. The molecule has 1 aliphatic rings. The van der Waals surface area contributed by atoms with E-state index in [1.165, 1.54) is 0 Å². The number of halogens is 1. The van der Waals surface area contributed by atoms with Crippen LogP contribution in [-0.4, -0.2) is 23.6 Å². The highest BCUT2D eigenvalue weighted by atomic mass is 35.5. The zero-order chi connectivity index (χ0) is 17.9. The van der Waals surface area contributed by atoms with Crippen LogP contribution in [0, 0.1) is 0 Å². The van der Waals surface area contributed by atoms with Crippen molar-refractivity contribution >= 4 is 38.9 Å². The summed E-state index contributed by atoms with van der Waals surface area (Å²) >= 11 is 5.87. The summed E-state index contributed by atoms with van der Waals surface area (Å²) in [5, 5.41) is 3.11. The van der Waals surface area contributed by atoms with Gasteiger partial charge in [0.05, 0.1) is 11.0 Å². The second kappa shape index (κ2) is 7.58. The fraction of sp³-hybridized carbons (Fsp3) is 0.412. The zero-order valence-corrected chi connectivity index (χ0v) is 15.4. The minimum Gasteiger partial charge on any atom is -0.368 e. The molecule has 2 aromatic rings. The van der Waals surface area contributed by atoms with E-state index in [0.29, 0.717) is 5.82 Å². The number of aromatic nitrogens is 2. The third kappa shape index (κ3) is 4.83. The highest BCUT2D eigenvalue weighted by Crippen LogP contribution is 2.27. The normalized spacial score (nSPS) is 15.9. The molecule has 1 aromatic heterocycles. The average molecular weight is 381 g/mol. The number of hydrogen-bond donors (Lipinski definition) is 2. The Morgan fingerprint density at radius 1 is 1.16 bits per heavy atom. The molecule has 0 radical (unpaired) electrons. The Morgan fingerprint density at radius 3 is 2.64 bits per heavy atom. The Morgan fingerprint density at radius 2 is 1.92 bits per heavy atom. The predicted octanol–water partition coefficient (Wildman–Crippen LogP) is 3.70. The molecule has 0 amide bonds. The van der Waals surface area contributed by atoms with Crippen molar-refractivity contribution in [1.82, 2.24) is 9.97 Å². The van der Waals surface area contributed by atoms with Gasteiger partial charge in [0.2, 0.25) is 5.95 Å². The molecule has 6 nitrogen and oxygen atoms in total. The second-order valence-electron chi connectivity index (χ2n) is 6.33.